The SMILES string of the molecule is Cl.NCCN1CCCc2cc(F)ccc21. The van der Waals surface area contributed by atoms with Crippen LogP contribution < -0.4 is 10.6 Å². The number of hydrogen-bond acceptors (Lipinski definition) is 2. The number of halogens is 2. The Hall–Kier alpha value is -0.800. The molecule has 2 nitrogen and oxygen atoms in total. The van der Waals surface area contributed by atoms with E-state index in [0.29, 0.717) is 6.54 Å². The predicted octanol–water partition coefficient (Wildman–Crippen LogP) is 1.96. The van der Waals surface area contributed by atoms with Gasteiger partial charge in [0.05, 0.1) is 0 Å². The molecule has 0 spiro atoms. The minimum Gasteiger partial charge on any atom is -0.370 e. The number of anilines is 1. The van der Waals surface area contributed by atoms with Crippen molar-refractivity contribution >= 4 is 18.1 Å². The summed E-state index contributed by atoms with van der Waals surface area (Å²) in [4.78, 5) is 2.23. The summed E-state index contributed by atoms with van der Waals surface area (Å²) in [6.07, 6.45) is 2.07. The second-order valence-corrected chi connectivity index (χ2v) is 3.65. The van der Waals surface area contributed by atoms with Gasteiger partial charge in [0.2, 0.25) is 0 Å². The summed E-state index contributed by atoms with van der Waals surface area (Å²) < 4.78 is 13.0. The average Bonchev–Trinajstić information content (AvgIpc) is 2.18. The minimum absolute atomic E-state index is 0. The van der Waals surface area contributed by atoms with Crippen LogP contribution in [-0.4, -0.2) is 19.6 Å². The fourth-order valence-electron chi connectivity index (χ4n) is 2.03. The first-order valence-corrected chi connectivity index (χ1v) is 5.04. The molecule has 2 rings (SSSR count). The van der Waals surface area contributed by atoms with Gasteiger partial charge in [0.1, 0.15) is 5.82 Å². The van der Waals surface area contributed by atoms with Gasteiger partial charge in [-0.05, 0) is 36.6 Å². The first kappa shape index (κ1) is 12.3. The van der Waals surface area contributed by atoms with Gasteiger partial charge in [0.15, 0.2) is 0 Å². The summed E-state index contributed by atoms with van der Waals surface area (Å²) in [6, 6.07) is 5.02. The van der Waals surface area contributed by atoms with Crippen molar-refractivity contribution < 1.29 is 4.39 Å². The van der Waals surface area contributed by atoms with Crippen LogP contribution in [0.5, 0.6) is 0 Å². The van der Waals surface area contributed by atoms with Crippen molar-refractivity contribution in [3.05, 3.63) is 29.6 Å². The average molecular weight is 231 g/mol. The van der Waals surface area contributed by atoms with Gasteiger partial charge in [-0.25, -0.2) is 4.39 Å². The Labute approximate surface area is 95.7 Å². The lowest BCUT2D eigenvalue weighted by Gasteiger charge is -2.30. The summed E-state index contributed by atoms with van der Waals surface area (Å²) in [5.74, 6) is -0.140. The summed E-state index contributed by atoms with van der Waals surface area (Å²) in [6.45, 7) is 2.55. The largest absolute Gasteiger partial charge is 0.370 e. The molecule has 0 aromatic heterocycles. The van der Waals surface area contributed by atoms with E-state index in [-0.39, 0.29) is 18.2 Å². The van der Waals surface area contributed by atoms with Crippen molar-refractivity contribution in [2.75, 3.05) is 24.5 Å². The van der Waals surface area contributed by atoms with Crippen molar-refractivity contribution in [3.63, 3.8) is 0 Å². The molecular formula is C11H16ClFN2. The Morgan fingerprint density at radius 1 is 1.40 bits per heavy atom. The summed E-state index contributed by atoms with van der Waals surface area (Å²) in [5, 5.41) is 0. The Morgan fingerprint density at radius 3 is 2.93 bits per heavy atom. The number of rotatable bonds is 2. The van der Waals surface area contributed by atoms with Crippen molar-refractivity contribution in [2.45, 2.75) is 12.8 Å². The lowest BCUT2D eigenvalue weighted by Crippen LogP contribution is -2.33. The fourth-order valence-corrected chi connectivity index (χ4v) is 2.03. The summed E-state index contributed by atoms with van der Waals surface area (Å²) in [5.41, 5.74) is 7.80. The van der Waals surface area contributed by atoms with Crippen molar-refractivity contribution in [2.24, 2.45) is 5.73 Å². The Kier molecular flexibility index (Phi) is 4.36. The van der Waals surface area contributed by atoms with Crippen molar-refractivity contribution in [1.82, 2.24) is 0 Å². The molecule has 0 saturated carbocycles. The molecular weight excluding hydrogens is 215 g/mol. The second-order valence-electron chi connectivity index (χ2n) is 3.65. The van der Waals surface area contributed by atoms with Gasteiger partial charge in [-0.2, -0.15) is 0 Å². The minimum atomic E-state index is -0.140. The van der Waals surface area contributed by atoms with Gasteiger partial charge >= 0.3 is 0 Å². The number of aryl methyl sites for hydroxylation is 1. The molecule has 0 bridgehead atoms. The summed E-state index contributed by atoms with van der Waals surface area (Å²) in [7, 11) is 0. The molecule has 1 aromatic carbocycles. The van der Waals surface area contributed by atoms with Gasteiger partial charge < -0.3 is 10.6 Å². The number of benzene rings is 1. The first-order chi connectivity index (χ1) is 6.81. The Morgan fingerprint density at radius 2 is 2.20 bits per heavy atom. The van der Waals surface area contributed by atoms with Gasteiger partial charge in [-0.1, -0.05) is 0 Å². The van der Waals surface area contributed by atoms with Gasteiger partial charge in [-0.3, -0.25) is 0 Å². The molecule has 15 heavy (non-hydrogen) atoms. The molecule has 4 heteroatoms. The predicted molar refractivity (Wildman–Crippen MR) is 63.2 cm³/mol. The topological polar surface area (TPSA) is 29.3 Å². The van der Waals surface area contributed by atoms with E-state index in [1.165, 1.54) is 6.07 Å². The van der Waals surface area contributed by atoms with E-state index in [9.17, 15) is 4.39 Å². The number of hydrogen-bond donors (Lipinski definition) is 1. The molecule has 0 aliphatic carbocycles. The van der Waals surface area contributed by atoms with E-state index in [0.717, 1.165) is 37.2 Å². The maximum absolute atomic E-state index is 13.0. The van der Waals surface area contributed by atoms with Gasteiger partial charge in [-0.15, -0.1) is 12.4 Å². The third kappa shape index (κ3) is 2.61. The molecule has 2 N–H and O–H groups in total. The maximum Gasteiger partial charge on any atom is 0.123 e. The molecule has 0 fully saturated rings. The molecule has 0 amide bonds. The van der Waals surface area contributed by atoms with Crippen LogP contribution in [0.25, 0.3) is 0 Å². The normalized spacial score (nSPS) is 14.4. The van der Waals surface area contributed by atoms with E-state index in [1.807, 2.05) is 6.07 Å². The molecule has 84 valence electrons. The van der Waals surface area contributed by atoms with Crippen LogP contribution in [0, 0.1) is 5.82 Å². The number of nitrogens with two attached hydrogens (primary N) is 1. The quantitative estimate of drug-likeness (QED) is 0.842. The van der Waals surface area contributed by atoms with Gasteiger partial charge in [0.25, 0.3) is 0 Å². The van der Waals surface area contributed by atoms with E-state index in [2.05, 4.69) is 4.90 Å². The van der Waals surface area contributed by atoms with E-state index < -0.39 is 0 Å². The highest BCUT2D eigenvalue weighted by molar-refractivity contribution is 5.85. The van der Waals surface area contributed by atoms with Crippen LogP contribution in [0.3, 0.4) is 0 Å². The summed E-state index contributed by atoms with van der Waals surface area (Å²) >= 11 is 0. The van der Waals surface area contributed by atoms with Crippen molar-refractivity contribution in [1.29, 1.82) is 0 Å². The third-order valence-electron chi connectivity index (χ3n) is 2.66. The smallest absolute Gasteiger partial charge is 0.123 e. The van der Waals surface area contributed by atoms with Crippen LogP contribution in [0.15, 0.2) is 18.2 Å². The zero-order valence-electron chi connectivity index (χ0n) is 8.58. The highest BCUT2D eigenvalue weighted by atomic mass is 35.5. The number of nitrogens with zero attached hydrogens (tertiary/aromatic N) is 1. The molecule has 0 atom stereocenters. The molecule has 0 unspecified atom stereocenters. The first-order valence-electron chi connectivity index (χ1n) is 5.04. The van der Waals surface area contributed by atoms with Crippen LogP contribution in [-0.2, 0) is 6.42 Å². The highest BCUT2D eigenvalue weighted by Crippen LogP contribution is 2.27. The van der Waals surface area contributed by atoms with E-state index >= 15 is 0 Å². The molecule has 0 saturated heterocycles. The monoisotopic (exact) mass is 230 g/mol. The Balaban J connectivity index is 0.00000112. The molecule has 1 aliphatic heterocycles. The molecule has 1 aromatic rings. The standard InChI is InChI=1S/C11H15FN2.ClH/c12-10-3-4-11-9(8-10)2-1-6-14(11)7-5-13;/h3-4,8H,1-2,5-7,13H2;1H. The van der Waals surface area contributed by atoms with Crippen LogP contribution in [0.4, 0.5) is 10.1 Å². The molecule has 0 radical (unpaired) electrons. The van der Waals surface area contributed by atoms with Crippen LogP contribution in [0.2, 0.25) is 0 Å². The maximum atomic E-state index is 13.0. The third-order valence-corrected chi connectivity index (χ3v) is 2.66. The van der Waals surface area contributed by atoms with Crippen molar-refractivity contribution in [3.8, 4) is 0 Å². The van der Waals surface area contributed by atoms with Crippen LogP contribution in [0.1, 0.15) is 12.0 Å². The second kappa shape index (κ2) is 5.33. The van der Waals surface area contributed by atoms with Gasteiger partial charge in [0, 0.05) is 25.3 Å². The Bertz CT molecular complexity index is 330. The molecule has 1 aliphatic rings. The van der Waals surface area contributed by atoms with E-state index in [1.54, 1.807) is 6.07 Å². The lowest BCUT2D eigenvalue weighted by atomic mass is 10.0. The van der Waals surface area contributed by atoms with E-state index in [4.69, 9.17) is 5.73 Å². The van der Waals surface area contributed by atoms with Crippen LogP contribution >= 0.6 is 12.4 Å². The number of fused-ring (bicyclic) bond motifs is 1. The zero-order chi connectivity index (χ0) is 9.97. The highest BCUT2D eigenvalue weighted by Gasteiger charge is 2.15. The molecule has 1 heterocycles. The lowest BCUT2D eigenvalue weighted by molar-refractivity contribution is 0.618. The zero-order valence-corrected chi connectivity index (χ0v) is 9.39. The fraction of sp³-hybridized carbons (Fsp3) is 0.455.